The zero-order valence-corrected chi connectivity index (χ0v) is 15.6. The van der Waals surface area contributed by atoms with Crippen molar-refractivity contribution in [1.82, 2.24) is 4.98 Å². The van der Waals surface area contributed by atoms with Crippen LogP contribution in [0, 0.1) is 0 Å². The van der Waals surface area contributed by atoms with Gasteiger partial charge in [-0.1, -0.05) is 65.5 Å². The minimum absolute atomic E-state index is 0.140. The predicted octanol–water partition coefficient (Wildman–Crippen LogP) is 5.70. The number of hydrogen-bond donors (Lipinski definition) is 0. The molecular weight excluding hydrogens is 290 g/mol. The van der Waals surface area contributed by atoms with Gasteiger partial charge in [0.2, 0.25) is 0 Å². The molecule has 4 nitrogen and oxygen atoms in total. The third-order valence-corrected chi connectivity index (χ3v) is 2.62. The molecule has 1 heterocycles. The molecule has 0 aromatic carbocycles. The number of carbonyl (C=O) groups excluding carboxylic acids is 1. The summed E-state index contributed by atoms with van der Waals surface area (Å²) in [7, 11) is 1.32. The molecule has 0 N–H and O–H groups in total. The van der Waals surface area contributed by atoms with E-state index in [1.54, 1.807) is 0 Å². The van der Waals surface area contributed by atoms with E-state index in [0.29, 0.717) is 5.76 Å². The lowest BCUT2D eigenvalue weighted by atomic mass is 10.1. The molecule has 0 bridgehead atoms. The standard InChI is InChI=1S/C9H14.C8H11NO3.C2H6/c1-4-7-9(6-3)8-5-2;1-5(2)7-6(8(10)11-3)9-4-12-7;1-2/h4-5,7-8H,1,6H2,2-3H3;4-5H,1-3H3;1-2H3/b8-5-,9-7-;;. The molecule has 0 atom stereocenters. The summed E-state index contributed by atoms with van der Waals surface area (Å²) in [5.41, 5.74) is 1.60. The highest BCUT2D eigenvalue weighted by Crippen LogP contribution is 2.18. The summed E-state index contributed by atoms with van der Waals surface area (Å²) in [4.78, 5) is 14.8. The van der Waals surface area contributed by atoms with Crippen LogP contribution in [0.5, 0.6) is 0 Å². The number of rotatable bonds is 5. The molecule has 1 aromatic heterocycles. The second kappa shape index (κ2) is 14.8. The summed E-state index contributed by atoms with van der Waals surface area (Å²) < 4.78 is 9.56. The molecule has 23 heavy (non-hydrogen) atoms. The van der Waals surface area contributed by atoms with Gasteiger partial charge in [-0.3, -0.25) is 0 Å². The van der Waals surface area contributed by atoms with Crippen molar-refractivity contribution in [3.05, 3.63) is 54.3 Å². The van der Waals surface area contributed by atoms with E-state index in [4.69, 9.17) is 4.42 Å². The Morgan fingerprint density at radius 3 is 2.43 bits per heavy atom. The Balaban J connectivity index is 0. The van der Waals surface area contributed by atoms with Gasteiger partial charge in [-0.05, 0) is 18.9 Å². The fourth-order valence-electron chi connectivity index (χ4n) is 1.57. The number of ether oxygens (including phenoxy) is 1. The van der Waals surface area contributed by atoms with Gasteiger partial charge in [0, 0.05) is 5.92 Å². The number of methoxy groups -OCH3 is 1. The van der Waals surface area contributed by atoms with E-state index in [0.717, 1.165) is 6.42 Å². The van der Waals surface area contributed by atoms with Crippen LogP contribution in [0.15, 0.2) is 47.3 Å². The maximum absolute atomic E-state index is 11.1. The first-order valence-electron chi connectivity index (χ1n) is 7.97. The van der Waals surface area contributed by atoms with Crippen LogP contribution >= 0.6 is 0 Å². The Kier molecular flexibility index (Phi) is 14.9. The molecule has 0 unspecified atom stereocenters. The van der Waals surface area contributed by atoms with Crippen molar-refractivity contribution in [2.45, 2.75) is 53.9 Å². The first-order valence-corrected chi connectivity index (χ1v) is 7.97. The van der Waals surface area contributed by atoms with Crippen molar-refractivity contribution >= 4 is 5.97 Å². The minimum atomic E-state index is -0.451. The molecule has 0 radical (unpaired) electrons. The van der Waals surface area contributed by atoms with Crippen molar-refractivity contribution < 1.29 is 13.9 Å². The fourth-order valence-corrected chi connectivity index (χ4v) is 1.57. The molecule has 130 valence electrons. The number of aromatic nitrogens is 1. The van der Waals surface area contributed by atoms with Crippen LogP contribution in [-0.2, 0) is 4.74 Å². The highest BCUT2D eigenvalue weighted by Gasteiger charge is 2.18. The molecule has 0 saturated heterocycles. The van der Waals surface area contributed by atoms with E-state index in [1.165, 1.54) is 19.1 Å². The Labute approximate surface area is 141 Å². The van der Waals surface area contributed by atoms with E-state index in [2.05, 4.69) is 29.3 Å². The molecule has 0 saturated carbocycles. The van der Waals surface area contributed by atoms with Crippen LogP contribution < -0.4 is 0 Å². The Morgan fingerprint density at radius 2 is 2.04 bits per heavy atom. The van der Waals surface area contributed by atoms with Gasteiger partial charge < -0.3 is 9.15 Å². The normalized spacial score (nSPS) is 10.5. The Hall–Kier alpha value is -2.10. The summed E-state index contributed by atoms with van der Waals surface area (Å²) in [5, 5.41) is 0. The van der Waals surface area contributed by atoms with Crippen LogP contribution in [0.2, 0.25) is 0 Å². The lowest BCUT2D eigenvalue weighted by Crippen LogP contribution is -2.05. The largest absolute Gasteiger partial charge is 0.464 e. The van der Waals surface area contributed by atoms with Gasteiger partial charge >= 0.3 is 5.97 Å². The van der Waals surface area contributed by atoms with Crippen molar-refractivity contribution in [2.75, 3.05) is 7.11 Å². The summed E-state index contributed by atoms with van der Waals surface area (Å²) in [6.45, 7) is 15.6. The number of oxazole rings is 1. The van der Waals surface area contributed by atoms with Gasteiger partial charge in [-0.25, -0.2) is 9.78 Å². The van der Waals surface area contributed by atoms with Crippen LogP contribution in [-0.4, -0.2) is 18.1 Å². The van der Waals surface area contributed by atoms with Gasteiger partial charge in [0.25, 0.3) is 0 Å². The third-order valence-electron chi connectivity index (χ3n) is 2.62. The topological polar surface area (TPSA) is 52.3 Å². The number of carbonyl (C=O) groups is 1. The second-order valence-electron chi connectivity index (χ2n) is 4.54. The average Bonchev–Trinajstić information content (AvgIpc) is 3.06. The van der Waals surface area contributed by atoms with E-state index >= 15 is 0 Å². The molecule has 0 aliphatic heterocycles. The summed E-state index contributed by atoms with van der Waals surface area (Å²) >= 11 is 0. The van der Waals surface area contributed by atoms with Gasteiger partial charge in [-0.2, -0.15) is 0 Å². The molecule has 0 amide bonds. The van der Waals surface area contributed by atoms with E-state index in [-0.39, 0.29) is 11.6 Å². The zero-order valence-electron chi connectivity index (χ0n) is 15.6. The first kappa shape index (κ1) is 23.2. The third kappa shape index (κ3) is 9.51. The molecule has 1 aromatic rings. The van der Waals surface area contributed by atoms with E-state index in [1.807, 2.05) is 52.8 Å². The summed E-state index contributed by atoms with van der Waals surface area (Å²) in [6, 6.07) is 0. The molecule has 0 spiro atoms. The van der Waals surface area contributed by atoms with Crippen LogP contribution in [0.4, 0.5) is 0 Å². The van der Waals surface area contributed by atoms with Crippen molar-refractivity contribution in [3.8, 4) is 0 Å². The molecule has 1 rings (SSSR count). The summed E-state index contributed by atoms with van der Waals surface area (Å²) in [5.74, 6) is 0.260. The number of hydrogen-bond acceptors (Lipinski definition) is 4. The van der Waals surface area contributed by atoms with Crippen molar-refractivity contribution in [3.63, 3.8) is 0 Å². The van der Waals surface area contributed by atoms with Crippen LogP contribution in [0.25, 0.3) is 0 Å². The van der Waals surface area contributed by atoms with Crippen molar-refractivity contribution in [2.24, 2.45) is 0 Å². The molecule has 0 fully saturated rings. The highest BCUT2D eigenvalue weighted by atomic mass is 16.5. The van der Waals surface area contributed by atoms with E-state index < -0.39 is 5.97 Å². The molecule has 0 aliphatic carbocycles. The van der Waals surface area contributed by atoms with Gasteiger partial charge in [-0.15, -0.1) is 0 Å². The first-order chi connectivity index (χ1) is 11.0. The Bertz CT molecular complexity index is 496. The quantitative estimate of drug-likeness (QED) is 0.516. The average molecular weight is 321 g/mol. The predicted molar refractivity (Wildman–Crippen MR) is 96.7 cm³/mol. The molecular formula is C19H31NO3. The fraction of sp³-hybridized carbons (Fsp3) is 0.474. The maximum Gasteiger partial charge on any atom is 0.360 e. The van der Waals surface area contributed by atoms with Gasteiger partial charge in [0.1, 0.15) is 5.76 Å². The van der Waals surface area contributed by atoms with E-state index in [9.17, 15) is 4.79 Å². The minimum Gasteiger partial charge on any atom is -0.464 e. The van der Waals surface area contributed by atoms with Crippen molar-refractivity contribution in [1.29, 1.82) is 0 Å². The lowest BCUT2D eigenvalue weighted by molar-refractivity contribution is 0.0591. The van der Waals surface area contributed by atoms with Crippen LogP contribution in [0.1, 0.15) is 70.1 Å². The van der Waals surface area contributed by atoms with Gasteiger partial charge in [0.05, 0.1) is 7.11 Å². The number of nitrogens with zero attached hydrogens (tertiary/aromatic N) is 1. The zero-order chi connectivity index (χ0) is 18.3. The lowest BCUT2D eigenvalue weighted by Gasteiger charge is -2.00. The number of allylic oxidation sites excluding steroid dienone is 5. The second-order valence-corrected chi connectivity index (χ2v) is 4.54. The monoisotopic (exact) mass is 321 g/mol. The maximum atomic E-state index is 11.1. The molecule has 0 aliphatic rings. The molecule has 4 heteroatoms. The SMILES string of the molecule is C=C/C=C(\C=C/C)CC.CC.COC(=O)c1ncoc1C(C)C. The Morgan fingerprint density at radius 1 is 1.43 bits per heavy atom. The van der Waals surface area contributed by atoms with Gasteiger partial charge in [0.15, 0.2) is 12.1 Å². The van der Waals surface area contributed by atoms with Crippen LogP contribution in [0.3, 0.4) is 0 Å². The number of esters is 1. The highest BCUT2D eigenvalue weighted by molar-refractivity contribution is 5.88. The smallest absolute Gasteiger partial charge is 0.360 e. The summed E-state index contributed by atoms with van der Waals surface area (Å²) in [6.07, 6.45) is 10.3.